The van der Waals surface area contributed by atoms with Crippen molar-refractivity contribution < 1.29 is 9.59 Å². The number of pyridine rings is 1. The summed E-state index contributed by atoms with van der Waals surface area (Å²) in [6, 6.07) is 4.03. The molecule has 0 unspecified atom stereocenters. The maximum atomic E-state index is 11.6. The summed E-state index contributed by atoms with van der Waals surface area (Å²) < 4.78 is 0. The molecule has 2 rings (SSSR count). The Balaban J connectivity index is 1.69. The average molecular weight is 304 g/mol. The van der Waals surface area contributed by atoms with Gasteiger partial charge in [0.2, 0.25) is 0 Å². The van der Waals surface area contributed by atoms with Crippen LogP contribution in [0.15, 0.2) is 24.5 Å². The van der Waals surface area contributed by atoms with E-state index in [2.05, 4.69) is 20.5 Å². The van der Waals surface area contributed by atoms with Gasteiger partial charge in [0.15, 0.2) is 0 Å². The lowest BCUT2D eigenvalue weighted by Crippen LogP contribution is -2.44. The summed E-state index contributed by atoms with van der Waals surface area (Å²) in [5, 5.41) is 5.32. The molecule has 0 atom stereocenters. The topological polar surface area (TPSA) is 74.3 Å². The third-order valence-electron chi connectivity index (χ3n) is 3.94. The molecule has 0 radical (unpaired) electrons. The summed E-state index contributed by atoms with van der Waals surface area (Å²) in [6.45, 7) is 4.99. The van der Waals surface area contributed by atoms with Crippen LogP contribution < -0.4 is 15.5 Å². The highest BCUT2D eigenvalue weighted by atomic mass is 16.2. The molecule has 1 aliphatic rings. The molecule has 22 heavy (non-hydrogen) atoms. The van der Waals surface area contributed by atoms with Crippen LogP contribution in [0.4, 0.5) is 5.69 Å². The van der Waals surface area contributed by atoms with Crippen LogP contribution in [0.1, 0.15) is 26.2 Å². The third-order valence-corrected chi connectivity index (χ3v) is 3.94. The summed E-state index contributed by atoms with van der Waals surface area (Å²) in [6.07, 6.45) is 6.46. The van der Waals surface area contributed by atoms with Crippen LogP contribution >= 0.6 is 0 Å². The van der Waals surface area contributed by atoms with E-state index in [0.717, 1.165) is 32.4 Å². The molecule has 1 aromatic rings. The van der Waals surface area contributed by atoms with Gasteiger partial charge in [-0.3, -0.25) is 14.6 Å². The van der Waals surface area contributed by atoms with Crippen LogP contribution in [0, 0.1) is 5.92 Å². The first-order valence-electron chi connectivity index (χ1n) is 7.91. The van der Waals surface area contributed by atoms with E-state index in [1.807, 2.05) is 19.1 Å². The Bertz CT molecular complexity index is 484. The number of carbonyl (C=O) groups is 2. The zero-order chi connectivity index (χ0) is 15.8. The Morgan fingerprint density at radius 1 is 1.18 bits per heavy atom. The minimum Gasteiger partial charge on any atom is -0.371 e. The summed E-state index contributed by atoms with van der Waals surface area (Å²) in [5.74, 6) is -0.623. The molecule has 1 aromatic heterocycles. The molecular weight excluding hydrogens is 280 g/mol. The van der Waals surface area contributed by atoms with E-state index in [9.17, 15) is 9.59 Å². The fraction of sp³-hybridized carbons (Fsp3) is 0.562. The van der Waals surface area contributed by atoms with E-state index >= 15 is 0 Å². The fourth-order valence-corrected chi connectivity index (χ4v) is 2.59. The molecule has 0 aromatic carbocycles. The molecule has 1 saturated heterocycles. The third kappa shape index (κ3) is 4.72. The first kappa shape index (κ1) is 16.3. The molecule has 2 heterocycles. The standard InChI is InChI=1S/C16H24N4O2/c1-2-7-18-15(21)16(22)19-12-13-5-10-20(11-6-13)14-3-8-17-9-4-14/h3-4,8-9,13H,2,5-7,10-12H2,1H3,(H,18,21)(H,19,22). The lowest BCUT2D eigenvalue weighted by atomic mass is 9.96. The largest absolute Gasteiger partial charge is 0.371 e. The molecule has 6 heteroatoms. The van der Waals surface area contributed by atoms with Crippen molar-refractivity contribution in [1.82, 2.24) is 15.6 Å². The van der Waals surface area contributed by atoms with E-state index in [0.29, 0.717) is 19.0 Å². The number of anilines is 1. The van der Waals surface area contributed by atoms with Crippen LogP contribution in [0.2, 0.25) is 0 Å². The molecule has 0 bridgehead atoms. The van der Waals surface area contributed by atoms with Crippen LogP contribution in [0.3, 0.4) is 0 Å². The van der Waals surface area contributed by atoms with E-state index in [1.54, 1.807) is 12.4 Å². The number of nitrogens with zero attached hydrogens (tertiary/aromatic N) is 2. The van der Waals surface area contributed by atoms with Gasteiger partial charge in [0, 0.05) is 44.3 Å². The highest BCUT2D eigenvalue weighted by Crippen LogP contribution is 2.22. The van der Waals surface area contributed by atoms with E-state index in [-0.39, 0.29) is 0 Å². The highest BCUT2D eigenvalue weighted by Gasteiger charge is 2.21. The summed E-state index contributed by atoms with van der Waals surface area (Å²) in [5.41, 5.74) is 1.19. The minimum absolute atomic E-state index is 0.431. The van der Waals surface area contributed by atoms with Gasteiger partial charge in [0.25, 0.3) is 0 Å². The second kappa shape index (κ2) is 8.36. The van der Waals surface area contributed by atoms with Gasteiger partial charge in [0.1, 0.15) is 0 Å². The second-order valence-corrected chi connectivity index (χ2v) is 5.60. The number of carbonyl (C=O) groups excluding carboxylic acids is 2. The quantitative estimate of drug-likeness (QED) is 0.794. The van der Waals surface area contributed by atoms with Crippen molar-refractivity contribution in [3.8, 4) is 0 Å². The maximum Gasteiger partial charge on any atom is 0.309 e. The Hall–Kier alpha value is -2.11. The van der Waals surface area contributed by atoms with Gasteiger partial charge >= 0.3 is 11.8 Å². The Kier molecular flexibility index (Phi) is 6.18. The van der Waals surface area contributed by atoms with Crippen molar-refractivity contribution in [3.63, 3.8) is 0 Å². The number of rotatable bonds is 5. The van der Waals surface area contributed by atoms with E-state index in [1.165, 1.54) is 5.69 Å². The predicted molar refractivity (Wildman–Crippen MR) is 85.5 cm³/mol. The minimum atomic E-state index is -0.531. The van der Waals surface area contributed by atoms with E-state index < -0.39 is 11.8 Å². The van der Waals surface area contributed by atoms with Gasteiger partial charge in [-0.1, -0.05) is 6.92 Å². The van der Waals surface area contributed by atoms with Crippen molar-refractivity contribution in [3.05, 3.63) is 24.5 Å². The average Bonchev–Trinajstić information content (AvgIpc) is 2.58. The number of amides is 2. The summed E-state index contributed by atoms with van der Waals surface area (Å²) >= 11 is 0. The number of hydrogen-bond donors (Lipinski definition) is 2. The van der Waals surface area contributed by atoms with Crippen molar-refractivity contribution in [2.24, 2.45) is 5.92 Å². The molecule has 120 valence electrons. The Morgan fingerprint density at radius 2 is 1.82 bits per heavy atom. The van der Waals surface area contributed by atoms with Gasteiger partial charge in [-0.25, -0.2) is 0 Å². The van der Waals surface area contributed by atoms with Crippen molar-refractivity contribution in [1.29, 1.82) is 0 Å². The van der Waals surface area contributed by atoms with Gasteiger partial charge in [-0.2, -0.15) is 0 Å². The number of aromatic nitrogens is 1. The maximum absolute atomic E-state index is 11.6. The number of nitrogens with one attached hydrogen (secondary N) is 2. The van der Waals surface area contributed by atoms with Crippen LogP contribution in [-0.2, 0) is 9.59 Å². The van der Waals surface area contributed by atoms with Gasteiger partial charge < -0.3 is 15.5 Å². The summed E-state index contributed by atoms with van der Waals surface area (Å²) in [7, 11) is 0. The van der Waals surface area contributed by atoms with Crippen LogP contribution in [0.25, 0.3) is 0 Å². The smallest absolute Gasteiger partial charge is 0.309 e. The monoisotopic (exact) mass is 304 g/mol. The van der Waals surface area contributed by atoms with Gasteiger partial charge in [-0.05, 0) is 37.3 Å². The number of piperidine rings is 1. The van der Waals surface area contributed by atoms with Crippen molar-refractivity contribution in [2.75, 3.05) is 31.1 Å². The molecule has 2 amide bonds. The molecule has 0 aliphatic carbocycles. The second-order valence-electron chi connectivity index (χ2n) is 5.60. The molecule has 0 saturated carbocycles. The lowest BCUT2D eigenvalue weighted by Gasteiger charge is -2.33. The molecule has 1 fully saturated rings. The van der Waals surface area contributed by atoms with Crippen molar-refractivity contribution >= 4 is 17.5 Å². The SMILES string of the molecule is CCCNC(=O)C(=O)NCC1CCN(c2ccncc2)CC1. The van der Waals surface area contributed by atoms with Gasteiger partial charge in [-0.15, -0.1) is 0 Å². The lowest BCUT2D eigenvalue weighted by molar-refractivity contribution is -0.139. The zero-order valence-corrected chi connectivity index (χ0v) is 13.0. The number of hydrogen-bond acceptors (Lipinski definition) is 4. The molecule has 6 nitrogen and oxygen atoms in total. The molecular formula is C16H24N4O2. The van der Waals surface area contributed by atoms with Crippen LogP contribution in [0.5, 0.6) is 0 Å². The molecule has 0 spiro atoms. The Labute approximate surface area is 131 Å². The zero-order valence-electron chi connectivity index (χ0n) is 13.0. The first-order valence-corrected chi connectivity index (χ1v) is 7.91. The van der Waals surface area contributed by atoms with Gasteiger partial charge in [0.05, 0.1) is 0 Å². The molecule has 2 N–H and O–H groups in total. The fourth-order valence-electron chi connectivity index (χ4n) is 2.59. The highest BCUT2D eigenvalue weighted by molar-refractivity contribution is 6.35. The summed E-state index contributed by atoms with van der Waals surface area (Å²) in [4.78, 5) is 29.5. The predicted octanol–water partition coefficient (Wildman–Crippen LogP) is 0.940. The normalized spacial score (nSPS) is 15.4. The van der Waals surface area contributed by atoms with Crippen LogP contribution in [-0.4, -0.2) is 43.0 Å². The van der Waals surface area contributed by atoms with E-state index in [4.69, 9.17) is 0 Å². The molecule has 1 aliphatic heterocycles. The first-order chi connectivity index (χ1) is 10.7. The Morgan fingerprint density at radius 3 is 2.45 bits per heavy atom. The van der Waals surface area contributed by atoms with Crippen molar-refractivity contribution in [2.45, 2.75) is 26.2 Å².